The van der Waals surface area contributed by atoms with Crippen LogP contribution in [0.4, 0.5) is 0 Å². The first-order valence-electron chi connectivity index (χ1n) is 10.3. The van der Waals surface area contributed by atoms with E-state index in [-0.39, 0.29) is 17.3 Å². The van der Waals surface area contributed by atoms with E-state index in [4.69, 9.17) is 0 Å². The Labute approximate surface area is 174 Å². The van der Waals surface area contributed by atoms with Gasteiger partial charge in [-0.15, -0.1) is 0 Å². The molecular formula is C22H31N3O3S. The summed E-state index contributed by atoms with van der Waals surface area (Å²) in [6.07, 6.45) is 4.76. The van der Waals surface area contributed by atoms with Gasteiger partial charge in [0.1, 0.15) is 4.90 Å². The SMILES string of the molecule is Cc1c(C(=O)N2CCCCCC2)c(S(=O)(=O)NCCc2ccccc2)c(C)n1C. The molecule has 7 heteroatoms. The third kappa shape index (κ3) is 4.73. The first-order valence-corrected chi connectivity index (χ1v) is 11.8. The van der Waals surface area contributed by atoms with E-state index in [1.54, 1.807) is 11.5 Å². The van der Waals surface area contributed by atoms with Crippen LogP contribution in [0.2, 0.25) is 0 Å². The molecule has 1 amide bonds. The van der Waals surface area contributed by atoms with Gasteiger partial charge in [0.05, 0.1) is 5.56 Å². The van der Waals surface area contributed by atoms with Gasteiger partial charge in [0.2, 0.25) is 10.0 Å². The van der Waals surface area contributed by atoms with Crippen LogP contribution >= 0.6 is 0 Å². The van der Waals surface area contributed by atoms with Crippen LogP contribution in [0.1, 0.15) is 53.0 Å². The van der Waals surface area contributed by atoms with Gasteiger partial charge in [-0.1, -0.05) is 43.2 Å². The lowest BCUT2D eigenvalue weighted by Crippen LogP contribution is -2.34. The Morgan fingerprint density at radius 2 is 1.62 bits per heavy atom. The highest BCUT2D eigenvalue weighted by Crippen LogP contribution is 2.28. The molecule has 0 radical (unpaired) electrons. The quantitative estimate of drug-likeness (QED) is 0.785. The lowest BCUT2D eigenvalue weighted by Gasteiger charge is -2.21. The Morgan fingerprint density at radius 1 is 1.00 bits per heavy atom. The molecule has 2 aromatic rings. The van der Waals surface area contributed by atoms with Crippen molar-refractivity contribution in [1.29, 1.82) is 0 Å². The second-order valence-electron chi connectivity index (χ2n) is 7.77. The number of sulfonamides is 1. The van der Waals surface area contributed by atoms with Gasteiger partial charge in [0.25, 0.3) is 5.91 Å². The molecule has 1 saturated heterocycles. The lowest BCUT2D eigenvalue weighted by atomic mass is 10.2. The number of nitrogens with zero attached hydrogens (tertiary/aromatic N) is 2. The minimum atomic E-state index is -3.80. The Balaban J connectivity index is 1.87. The third-order valence-electron chi connectivity index (χ3n) is 5.85. The fraction of sp³-hybridized carbons (Fsp3) is 0.500. The van der Waals surface area contributed by atoms with Gasteiger partial charge >= 0.3 is 0 Å². The number of hydrogen-bond acceptors (Lipinski definition) is 3. The molecule has 1 N–H and O–H groups in total. The molecule has 0 atom stereocenters. The maximum absolute atomic E-state index is 13.3. The van der Waals surface area contributed by atoms with Crippen molar-refractivity contribution in [2.45, 2.75) is 50.8 Å². The molecule has 0 aliphatic carbocycles. The Bertz CT molecular complexity index is 957. The maximum atomic E-state index is 13.3. The second kappa shape index (κ2) is 9.13. The van der Waals surface area contributed by atoms with Gasteiger partial charge in [-0.3, -0.25) is 4.79 Å². The summed E-state index contributed by atoms with van der Waals surface area (Å²) in [6.45, 7) is 5.25. The fourth-order valence-corrected chi connectivity index (χ4v) is 5.52. The summed E-state index contributed by atoms with van der Waals surface area (Å²) in [4.78, 5) is 15.3. The third-order valence-corrected chi connectivity index (χ3v) is 7.47. The molecule has 0 spiro atoms. The van der Waals surface area contributed by atoms with Crippen molar-refractivity contribution < 1.29 is 13.2 Å². The highest BCUT2D eigenvalue weighted by atomic mass is 32.2. The van der Waals surface area contributed by atoms with E-state index >= 15 is 0 Å². The largest absolute Gasteiger partial charge is 0.350 e. The molecular weight excluding hydrogens is 386 g/mol. The molecule has 0 bridgehead atoms. The van der Waals surface area contributed by atoms with Crippen LogP contribution in [0.5, 0.6) is 0 Å². The molecule has 2 heterocycles. The Kier molecular flexibility index (Phi) is 6.80. The van der Waals surface area contributed by atoms with E-state index < -0.39 is 10.0 Å². The monoisotopic (exact) mass is 417 g/mol. The van der Waals surface area contributed by atoms with E-state index in [1.165, 1.54) is 0 Å². The summed E-state index contributed by atoms with van der Waals surface area (Å²) in [6, 6.07) is 9.75. The summed E-state index contributed by atoms with van der Waals surface area (Å²) in [5.74, 6) is -0.170. The van der Waals surface area contributed by atoms with Gasteiger partial charge in [-0.05, 0) is 38.7 Å². The highest BCUT2D eigenvalue weighted by molar-refractivity contribution is 7.89. The molecule has 1 fully saturated rings. The lowest BCUT2D eigenvalue weighted by molar-refractivity contribution is 0.0757. The van der Waals surface area contributed by atoms with Gasteiger partial charge in [0, 0.05) is 38.1 Å². The summed E-state index contributed by atoms with van der Waals surface area (Å²) in [5.41, 5.74) is 2.67. The van der Waals surface area contributed by atoms with Gasteiger partial charge in [-0.2, -0.15) is 0 Å². The molecule has 1 aliphatic heterocycles. The topological polar surface area (TPSA) is 71.4 Å². The number of nitrogens with one attached hydrogen (secondary N) is 1. The molecule has 29 heavy (non-hydrogen) atoms. The first kappa shape index (κ1) is 21.6. The Morgan fingerprint density at radius 3 is 2.24 bits per heavy atom. The van der Waals surface area contributed by atoms with E-state index in [0.717, 1.165) is 31.2 Å². The number of benzene rings is 1. The summed E-state index contributed by atoms with van der Waals surface area (Å²) in [5, 5.41) is 0. The Hall–Kier alpha value is -2.12. The van der Waals surface area contributed by atoms with Crippen LogP contribution in [-0.2, 0) is 23.5 Å². The molecule has 1 aromatic heterocycles. The van der Waals surface area contributed by atoms with Crippen LogP contribution in [-0.4, -0.2) is 43.4 Å². The van der Waals surface area contributed by atoms with E-state index in [1.807, 2.05) is 49.2 Å². The number of carbonyl (C=O) groups excluding carboxylic acids is 1. The number of rotatable bonds is 6. The molecule has 3 rings (SSSR count). The number of likely N-dealkylation sites (tertiary alicyclic amines) is 1. The van der Waals surface area contributed by atoms with Crippen molar-refractivity contribution >= 4 is 15.9 Å². The molecule has 0 unspecified atom stereocenters. The first-order chi connectivity index (χ1) is 13.8. The number of hydrogen-bond donors (Lipinski definition) is 1. The zero-order chi connectivity index (χ0) is 21.0. The smallest absolute Gasteiger partial charge is 0.257 e. The van der Waals surface area contributed by atoms with Crippen molar-refractivity contribution in [2.24, 2.45) is 7.05 Å². The van der Waals surface area contributed by atoms with Crippen molar-refractivity contribution in [2.75, 3.05) is 19.6 Å². The van der Waals surface area contributed by atoms with Crippen LogP contribution < -0.4 is 4.72 Å². The van der Waals surface area contributed by atoms with Crippen LogP contribution in [0, 0.1) is 13.8 Å². The zero-order valence-corrected chi connectivity index (χ0v) is 18.4. The minimum absolute atomic E-state index is 0.125. The maximum Gasteiger partial charge on any atom is 0.257 e. The molecule has 158 valence electrons. The zero-order valence-electron chi connectivity index (χ0n) is 17.6. The van der Waals surface area contributed by atoms with Crippen molar-refractivity contribution in [3.63, 3.8) is 0 Å². The van der Waals surface area contributed by atoms with Gasteiger partial charge in [0.15, 0.2) is 0 Å². The van der Waals surface area contributed by atoms with E-state index in [9.17, 15) is 13.2 Å². The highest BCUT2D eigenvalue weighted by Gasteiger charge is 2.32. The molecule has 6 nitrogen and oxygen atoms in total. The van der Waals surface area contributed by atoms with Crippen LogP contribution in [0.15, 0.2) is 35.2 Å². The second-order valence-corrected chi connectivity index (χ2v) is 9.48. The summed E-state index contributed by atoms with van der Waals surface area (Å²) < 4.78 is 30.9. The molecule has 1 aromatic carbocycles. The predicted molar refractivity (Wildman–Crippen MR) is 115 cm³/mol. The molecule has 0 saturated carbocycles. The number of aromatic nitrogens is 1. The standard InChI is InChI=1S/C22H31N3O3S/c1-17-20(22(26)25-15-9-4-5-10-16-25)21(18(2)24(17)3)29(27,28)23-14-13-19-11-7-6-8-12-19/h6-8,11-12,23H,4-5,9-10,13-16H2,1-3H3. The van der Waals surface area contributed by atoms with Crippen molar-refractivity contribution in [3.8, 4) is 0 Å². The van der Waals surface area contributed by atoms with E-state index in [0.29, 0.717) is 36.5 Å². The minimum Gasteiger partial charge on any atom is -0.350 e. The average Bonchev–Trinajstić information content (AvgIpc) is 2.90. The predicted octanol–water partition coefficient (Wildman–Crippen LogP) is 3.18. The normalized spacial score (nSPS) is 15.3. The summed E-state index contributed by atoms with van der Waals surface area (Å²) in [7, 11) is -1.99. The molecule has 1 aliphatic rings. The van der Waals surface area contributed by atoms with E-state index in [2.05, 4.69) is 4.72 Å². The van der Waals surface area contributed by atoms with Crippen molar-refractivity contribution in [3.05, 3.63) is 52.8 Å². The number of amides is 1. The average molecular weight is 418 g/mol. The van der Waals surface area contributed by atoms with Crippen molar-refractivity contribution in [1.82, 2.24) is 14.2 Å². The fourth-order valence-electron chi connectivity index (χ4n) is 3.98. The van der Waals surface area contributed by atoms with Crippen LogP contribution in [0.25, 0.3) is 0 Å². The number of carbonyl (C=O) groups is 1. The summed E-state index contributed by atoms with van der Waals surface area (Å²) >= 11 is 0. The van der Waals surface area contributed by atoms with Crippen LogP contribution in [0.3, 0.4) is 0 Å². The van der Waals surface area contributed by atoms with Gasteiger partial charge < -0.3 is 9.47 Å². The van der Waals surface area contributed by atoms with Gasteiger partial charge in [-0.25, -0.2) is 13.1 Å².